The van der Waals surface area contributed by atoms with Gasteiger partial charge in [-0.25, -0.2) is 0 Å². The minimum atomic E-state index is -0.0622. The number of aliphatic hydroxyl groups is 1. The molecule has 0 aromatic rings. The van der Waals surface area contributed by atoms with Crippen LogP contribution in [0, 0.1) is 23.2 Å². The van der Waals surface area contributed by atoms with Crippen LogP contribution >= 0.6 is 0 Å². The highest BCUT2D eigenvalue weighted by Gasteiger charge is 2.26. The summed E-state index contributed by atoms with van der Waals surface area (Å²) in [7, 11) is 0. The second-order valence-electron chi connectivity index (χ2n) is 5.71. The Balaban J connectivity index is 1.72. The van der Waals surface area contributed by atoms with Gasteiger partial charge in [-0.2, -0.15) is 5.26 Å². The van der Waals surface area contributed by atoms with Gasteiger partial charge in [-0.3, -0.25) is 0 Å². The van der Waals surface area contributed by atoms with Crippen molar-refractivity contribution in [3.05, 3.63) is 0 Å². The Morgan fingerprint density at radius 1 is 1.06 bits per heavy atom. The van der Waals surface area contributed by atoms with Crippen molar-refractivity contribution in [1.29, 1.82) is 5.26 Å². The number of nitrogens with one attached hydrogen (secondary N) is 1. The van der Waals surface area contributed by atoms with Crippen LogP contribution in [0.2, 0.25) is 0 Å². The van der Waals surface area contributed by atoms with E-state index >= 15 is 0 Å². The van der Waals surface area contributed by atoms with Crippen molar-refractivity contribution in [2.24, 2.45) is 11.8 Å². The second-order valence-corrected chi connectivity index (χ2v) is 5.71. The lowest BCUT2D eigenvalue weighted by Gasteiger charge is -2.31. The number of hydrogen-bond acceptors (Lipinski definition) is 3. The van der Waals surface area contributed by atoms with Crippen LogP contribution < -0.4 is 5.32 Å². The molecule has 2 rings (SSSR count). The van der Waals surface area contributed by atoms with E-state index < -0.39 is 0 Å². The van der Waals surface area contributed by atoms with Gasteiger partial charge in [0.25, 0.3) is 0 Å². The van der Waals surface area contributed by atoms with E-state index in [1.54, 1.807) is 0 Å². The first-order chi connectivity index (χ1) is 8.29. The van der Waals surface area contributed by atoms with E-state index in [1.807, 2.05) is 0 Å². The molecule has 2 saturated carbocycles. The Morgan fingerprint density at radius 2 is 1.76 bits per heavy atom. The highest BCUT2D eigenvalue weighted by atomic mass is 16.3. The van der Waals surface area contributed by atoms with Gasteiger partial charge < -0.3 is 10.4 Å². The van der Waals surface area contributed by atoms with Crippen LogP contribution in [-0.2, 0) is 0 Å². The van der Waals surface area contributed by atoms with Gasteiger partial charge in [0.2, 0.25) is 0 Å². The molecule has 3 heteroatoms. The minimum Gasteiger partial charge on any atom is -0.393 e. The average molecular weight is 236 g/mol. The summed E-state index contributed by atoms with van der Waals surface area (Å²) in [4.78, 5) is 0. The zero-order valence-electron chi connectivity index (χ0n) is 10.6. The molecule has 0 aromatic carbocycles. The summed E-state index contributed by atoms with van der Waals surface area (Å²) in [6.07, 6.45) is 8.83. The average Bonchev–Trinajstić information content (AvgIpc) is 2.38. The van der Waals surface area contributed by atoms with Gasteiger partial charge in [0.05, 0.1) is 18.1 Å². The van der Waals surface area contributed by atoms with Gasteiger partial charge in [0, 0.05) is 6.04 Å². The lowest BCUT2D eigenvalue weighted by molar-refractivity contribution is 0.106. The zero-order chi connectivity index (χ0) is 12.1. The van der Waals surface area contributed by atoms with Crippen LogP contribution in [-0.4, -0.2) is 23.8 Å². The summed E-state index contributed by atoms with van der Waals surface area (Å²) in [6, 6.07) is 2.86. The Bertz CT molecular complexity index is 266. The molecule has 0 amide bonds. The van der Waals surface area contributed by atoms with Crippen molar-refractivity contribution >= 4 is 0 Å². The van der Waals surface area contributed by atoms with Crippen molar-refractivity contribution in [1.82, 2.24) is 5.32 Å². The van der Waals surface area contributed by atoms with Gasteiger partial charge >= 0.3 is 0 Å². The number of aliphatic hydroxyl groups excluding tert-OH is 1. The third kappa shape index (κ3) is 3.69. The van der Waals surface area contributed by atoms with Crippen molar-refractivity contribution < 1.29 is 5.11 Å². The summed E-state index contributed by atoms with van der Waals surface area (Å²) < 4.78 is 0. The second kappa shape index (κ2) is 6.37. The fourth-order valence-electron chi connectivity index (χ4n) is 3.20. The quantitative estimate of drug-likeness (QED) is 0.790. The fourth-order valence-corrected chi connectivity index (χ4v) is 3.20. The van der Waals surface area contributed by atoms with Gasteiger partial charge in [0.15, 0.2) is 0 Å². The SMILES string of the molecule is N#CC1CCCCC1NCC1CCC(O)CC1. The van der Waals surface area contributed by atoms with Gasteiger partial charge in [-0.15, -0.1) is 0 Å². The molecule has 0 spiro atoms. The number of nitrogens with zero attached hydrogens (tertiary/aromatic N) is 1. The van der Waals surface area contributed by atoms with Gasteiger partial charge in [-0.1, -0.05) is 12.8 Å². The topological polar surface area (TPSA) is 56.0 Å². The first-order valence-electron chi connectivity index (χ1n) is 7.10. The van der Waals surface area contributed by atoms with E-state index in [1.165, 1.54) is 12.8 Å². The molecule has 2 aliphatic carbocycles. The van der Waals surface area contributed by atoms with E-state index in [0.717, 1.165) is 45.1 Å². The first kappa shape index (κ1) is 12.9. The molecule has 17 heavy (non-hydrogen) atoms. The van der Waals surface area contributed by atoms with Crippen LogP contribution in [0.1, 0.15) is 51.4 Å². The fraction of sp³-hybridized carbons (Fsp3) is 0.929. The molecular weight excluding hydrogens is 212 g/mol. The van der Waals surface area contributed by atoms with Crippen molar-refractivity contribution in [3.8, 4) is 6.07 Å². The predicted molar refractivity (Wildman–Crippen MR) is 67.3 cm³/mol. The summed E-state index contributed by atoms with van der Waals surface area (Å²) in [5.41, 5.74) is 0. The van der Waals surface area contributed by atoms with Crippen LogP contribution in [0.15, 0.2) is 0 Å². The molecule has 0 heterocycles. The Labute approximate surface area is 104 Å². The maximum absolute atomic E-state index is 9.46. The smallest absolute Gasteiger partial charge is 0.0672 e. The van der Waals surface area contributed by atoms with E-state index in [0.29, 0.717) is 12.0 Å². The molecule has 0 aliphatic heterocycles. The molecule has 0 aromatic heterocycles. The van der Waals surface area contributed by atoms with Crippen LogP contribution in [0.3, 0.4) is 0 Å². The predicted octanol–water partition coefficient (Wildman–Crippen LogP) is 2.21. The highest BCUT2D eigenvalue weighted by molar-refractivity contribution is 4.94. The summed E-state index contributed by atoms with van der Waals surface area (Å²) >= 11 is 0. The molecule has 2 unspecified atom stereocenters. The van der Waals surface area contributed by atoms with Crippen LogP contribution in [0.4, 0.5) is 0 Å². The summed E-state index contributed by atoms with van der Waals surface area (Å²) in [5.74, 6) is 0.928. The highest BCUT2D eigenvalue weighted by Crippen LogP contribution is 2.26. The Hall–Kier alpha value is -0.590. The number of hydrogen-bond donors (Lipinski definition) is 2. The Morgan fingerprint density at radius 3 is 2.47 bits per heavy atom. The zero-order valence-corrected chi connectivity index (χ0v) is 10.6. The standard InChI is InChI=1S/C14H24N2O/c15-9-12-3-1-2-4-14(12)16-10-11-5-7-13(17)8-6-11/h11-14,16-17H,1-8,10H2. The van der Waals surface area contributed by atoms with E-state index in [2.05, 4.69) is 11.4 Å². The largest absolute Gasteiger partial charge is 0.393 e. The molecule has 2 atom stereocenters. The third-order valence-corrected chi connectivity index (χ3v) is 4.42. The molecule has 2 N–H and O–H groups in total. The summed E-state index contributed by atoms with van der Waals surface area (Å²) in [5, 5.41) is 22.2. The summed E-state index contributed by atoms with van der Waals surface area (Å²) in [6.45, 7) is 1.04. The molecule has 3 nitrogen and oxygen atoms in total. The molecule has 96 valence electrons. The number of nitriles is 1. The number of rotatable bonds is 3. The third-order valence-electron chi connectivity index (χ3n) is 4.42. The molecule has 0 radical (unpaired) electrons. The van der Waals surface area contributed by atoms with Crippen molar-refractivity contribution in [2.75, 3.05) is 6.54 Å². The Kier molecular flexibility index (Phi) is 4.82. The molecule has 2 aliphatic rings. The lowest BCUT2D eigenvalue weighted by Crippen LogP contribution is -2.41. The molecular formula is C14H24N2O. The molecule has 0 saturated heterocycles. The van der Waals surface area contributed by atoms with E-state index in [-0.39, 0.29) is 12.0 Å². The van der Waals surface area contributed by atoms with Gasteiger partial charge in [0.1, 0.15) is 0 Å². The van der Waals surface area contributed by atoms with Crippen LogP contribution in [0.25, 0.3) is 0 Å². The minimum absolute atomic E-state index is 0.0622. The molecule has 0 bridgehead atoms. The van der Waals surface area contributed by atoms with Crippen LogP contribution in [0.5, 0.6) is 0 Å². The monoisotopic (exact) mass is 236 g/mol. The normalized spacial score (nSPS) is 38.6. The van der Waals surface area contributed by atoms with Gasteiger partial charge in [-0.05, 0) is 51.0 Å². The van der Waals surface area contributed by atoms with E-state index in [9.17, 15) is 5.11 Å². The van der Waals surface area contributed by atoms with E-state index in [4.69, 9.17) is 5.26 Å². The maximum atomic E-state index is 9.46. The van der Waals surface area contributed by atoms with Crippen molar-refractivity contribution in [3.63, 3.8) is 0 Å². The van der Waals surface area contributed by atoms with Crippen molar-refractivity contribution in [2.45, 2.75) is 63.5 Å². The maximum Gasteiger partial charge on any atom is 0.0672 e. The lowest BCUT2D eigenvalue weighted by atomic mass is 9.84. The molecule has 2 fully saturated rings. The first-order valence-corrected chi connectivity index (χ1v) is 7.10.